The molecule has 1 aliphatic rings. The average Bonchev–Trinajstić information content (AvgIpc) is 3.54. The zero-order valence-corrected chi connectivity index (χ0v) is 27.9. The number of aromatic nitrogens is 2. The maximum absolute atomic E-state index is 4.50. The van der Waals surface area contributed by atoms with Crippen LogP contribution < -0.4 is 0 Å². The average molecular weight is 649 g/mol. The van der Waals surface area contributed by atoms with Crippen LogP contribution in [0.15, 0.2) is 189 Å². The number of pyridine rings is 2. The molecule has 0 fully saturated rings. The summed E-state index contributed by atoms with van der Waals surface area (Å²) in [6.07, 6.45) is 7.68. The van der Waals surface area contributed by atoms with Gasteiger partial charge in [0.2, 0.25) is 0 Å². The summed E-state index contributed by atoms with van der Waals surface area (Å²) < 4.78 is 0. The predicted molar refractivity (Wildman–Crippen MR) is 212 cm³/mol. The van der Waals surface area contributed by atoms with Crippen LogP contribution in [0.2, 0.25) is 0 Å². The van der Waals surface area contributed by atoms with Crippen LogP contribution in [-0.2, 0) is 0 Å². The van der Waals surface area contributed by atoms with Gasteiger partial charge in [0.05, 0.1) is 0 Å². The molecule has 0 saturated heterocycles. The van der Waals surface area contributed by atoms with Crippen LogP contribution in [0, 0.1) is 0 Å². The normalized spacial score (nSPS) is 13.3. The highest BCUT2D eigenvalue weighted by Crippen LogP contribution is 2.49. The van der Waals surface area contributed by atoms with E-state index in [0.717, 1.165) is 0 Å². The van der Waals surface area contributed by atoms with E-state index in [2.05, 4.69) is 174 Å². The Morgan fingerprint density at radius 2 is 0.843 bits per heavy atom. The molecule has 1 unspecified atom stereocenters. The first-order valence-electron chi connectivity index (χ1n) is 17.5. The Bertz CT molecular complexity index is 2720. The number of hydrogen-bond donors (Lipinski definition) is 0. The molecule has 51 heavy (non-hydrogen) atoms. The maximum atomic E-state index is 4.50. The van der Waals surface area contributed by atoms with Gasteiger partial charge in [0.15, 0.2) is 0 Å². The van der Waals surface area contributed by atoms with Crippen molar-refractivity contribution in [2.75, 3.05) is 0 Å². The summed E-state index contributed by atoms with van der Waals surface area (Å²) >= 11 is 0. The molecule has 2 aromatic heterocycles. The molecule has 0 saturated carbocycles. The lowest BCUT2D eigenvalue weighted by Gasteiger charge is -2.18. The van der Waals surface area contributed by atoms with Gasteiger partial charge in [-0.05, 0) is 119 Å². The van der Waals surface area contributed by atoms with E-state index in [1.54, 1.807) is 0 Å². The highest BCUT2D eigenvalue weighted by atomic mass is 14.6. The second-order valence-electron chi connectivity index (χ2n) is 13.3. The van der Waals surface area contributed by atoms with E-state index in [1.807, 2.05) is 24.8 Å². The van der Waals surface area contributed by atoms with E-state index in [0.29, 0.717) is 0 Å². The lowest BCUT2D eigenvalue weighted by molar-refractivity contribution is 1.00. The molecular formula is C49H32N2. The lowest BCUT2D eigenvalue weighted by atomic mass is 9.85. The van der Waals surface area contributed by atoms with Gasteiger partial charge < -0.3 is 0 Å². The number of fused-ring (bicyclic) bond motifs is 5. The molecule has 0 N–H and O–H groups in total. The standard InChI is InChI=1S/C49H32N2/c1-3-9-34(10-4-1)47-39-13-7-8-14-40(39)49(35-11-5-2-6-12-35)45-30-38(20-22-42(45)47)33-17-15-32(16-18-33)37-19-21-41-44(29-37)46-31-51-28-25-43(46)48(41)36-23-26-50-27-24-36/h1-31,48H. The maximum Gasteiger partial charge on any atom is 0.0354 e. The van der Waals surface area contributed by atoms with Gasteiger partial charge in [0.1, 0.15) is 0 Å². The van der Waals surface area contributed by atoms with Crippen LogP contribution in [0.25, 0.3) is 77.2 Å². The molecule has 1 aliphatic carbocycles. The predicted octanol–water partition coefficient (Wildman–Crippen LogP) is 12.6. The number of hydrogen-bond acceptors (Lipinski definition) is 2. The lowest BCUT2D eigenvalue weighted by Crippen LogP contribution is -1.99. The Hall–Kier alpha value is -6.64. The Labute approximate surface area is 297 Å². The summed E-state index contributed by atoms with van der Waals surface area (Å²) in [6.45, 7) is 0. The Kier molecular flexibility index (Phi) is 6.92. The van der Waals surface area contributed by atoms with Gasteiger partial charge in [0, 0.05) is 36.3 Å². The fourth-order valence-electron chi connectivity index (χ4n) is 8.23. The molecule has 2 heteroatoms. The van der Waals surface area contributed by atoms with Crippen LogP contribution >= 0.6 is 0 Å². The fourth-order valence-corrected chi connectivity index (χ4v) is 8.23. The third-order valence-electron chi connectivity index (χ3n) is 10.6. The molecule has 0 radical (unpaired) electrons. The van der Waals surface area contributed by atoms with Crippen LogP contribution in [0.3, 0.4) is 0 Å². The topological polar surface area (TPSA) is 25.8 Å². The number of nitrogens with zero attached hydrogens (tertiary/aromatic N) is 2. The van der Waals surface area contributed by atoms with Crippen molar-refractivity contribution in [1.29, 1.82) is 0 Å². The summed E-state index contributed by atoms with van der Waals surface area (Å²) in [7, 11) is 0. The number of benzene rings is 7. The SMILES string of the molecule is c1ccc(-c2c3ccccc3c(-c3ccccc3)c3cc(-c4ccc(-c5ccc6c(c5)-c5cnccc5C6c5ccncc5)cc4)ccc23)cc1. The molecule has 238 valence electrons. The summed E-state index contributed by atoms with van der Waals surface area (Å²) in [6, 6.07) is 59.8. The van der Waals surface area contributed by atoms with Crippen molar-refractivity contribution in [1.82, 2.24) is 9.97 Å². The van der Waals surface area contributed by atoms with Crippen molar-refractivity contribution in [3.05, 3.63) is 205 Å². The van der Waals surface area contributed by atoms with E-state index in [9.17, 15) is 0 Å². The largest absolute Gasteiger partial charge is 0.265 e. The minimum Gasteiger partial charge on any atom is -0.265 e. The van der Waals surface area contributed by atoms with Crippen molar-refractivity contribution in [2.45, 2.75) is 5.92 Å². The van der Waals surface area contributed by atoms with Gasteiger partial charge in [-0.3, -0.25) is 9.97 Å². The zero-order chi connectivity index (χ0) is 33.7. The van der Waals surface area contributed by atoms with Crippen molar-refractivity contribution in [3.8, 4) is 55.6 Å². The Morgan fingerprint density at radius 3 is 1.51 bits per heavy atom. The van der Waals surface area contributed by atoms with Gasteiger partial charge in [-0.25, -0.2) is 0 Å². The minimum absolute atomic E-state index is 0.186. The van der Waals surface area contributed by atoms with Crippen molar-refractivity contribution >= 4 is 21.5 Å². The molecule has 0 bridgehead atoms. The van der Waals surface area contributed by atoms with Crippen LogP contribution in [0.4, 0.5) is 0 Å². The number of rotatable bonds is 5. The summed E-state index contributed by atoms with van der Waals surface area (Å²) in [4.78, 5) is 8.77. The molecule has 0 spiro atoms. The quantitative estimate of drug-likeness (QED) is 0.174. The van der Waals surface area contributed by atoms with Crippen LogP contribution in [0.1, 0.15) is 22.6 Å². The Morgan fingerprint density at radius 1 is 0.333 bits per heavy atom. The third kappa shape index (κ3) is 4.87. The van der Waals surface area contributed by atoms with Crippen molar-refractivity contribution in [3.63, 3.8) is 0 Å². The molecule has 0 aliphatic heterocycles. The van der Waals surface area contributed by atoms with Gasteiger partial charge >= 0.3 is 0 Å². The minimum atomic E-state index is 0.186. The highest BCUT2D eigenvalue weighted by molar-refractivity contribution is 6.22. The second-order valence-corrected chi connectivity index (χ2v) is 13.3. The molecule has 10 rings (SSSR count). The first kappa shape index (κ1) is 29.3. The monoisotopic (exact) mass is 648 g/mol. The fraction of sp³-hybridized carbons (Fsp3) is 0.0204. The summed E-state index contributed by atoms with van der Waals surface area (Å²) in [5.74, 6) is 0.186. The molecule has 1 atom stereocenters. The van der Waals surface area contributed by atoms with E-state index in [-0.39, 0.29) is 5.92 Å². The van der Waals surface area contributed by atoms with Crippen molar-refractivity contribution < 1.29 is 0 Å². The van der Waals surface area contributed by atoms with Gasteiger partial charge in [-0.1, -0.05) is 133 Å². The third-order valence-corrected chi connectivity index (χ3v) is 10.6. The van der Waals surface area contributed by atoms with Gasteiger partial charge in [0.25, 0.3) is 0 Å². The Balaban J connectivity index is 1.09. The smallest absolute Gasteiger partial charge is 0.0354 e. The van der Waals surface area contributed by atoms with E-state index < -0.39 is 0 Å². The highest BCUT2D eigenvalue weighted by Gasteiger charge is 2.30. The molecule has 0 amide bonds. The van der Waals surface area contributed by atoms with Gasteiger partial charge in [-0.15, -0.1) is 0 Å². The van der Waals surface area contributed by atoms with Crippen molar-refractivity contribution in [2.24, 2.45) is 0 Å². The summed E-state index contributed by atoms with van der Waals surface area (Å²) in [5.41, 5.74) is 16.1. The van der Waals surface area contributed by atoms with E-state index in [1.165, 1.54) is 93.9 Å². The first-order valence-corrected chi connectivity index (χ1v) is 17.5. The van der Waals surface area contributed by atoms with Crippen LogP contribution in [0.5, 0.6) is 0 Å². The zero-order valence-electron chi connectivity index (χ0n) is 27.9. The van der Waals surface area contributed by atoms with E-state index >= 15 is 0 Å². The van der Waals surface area contributed by atoms with Crippen LogP contribution in [-0.4, -0.2) is 9.97 Å². The molecule has 2 heterocycles. The molecular weight excluding hydrogens is 617 g/mol. The van der Waals surface area contributed by atoms with E-state index in [4.69, 9.17) is 0 Å². The first-order chi connectivity index (χ1) is 25.3. The second kappa shape index (κ2) is 12.0. The molecule has 2 nitrogen and oxygen atoms in total. The molecule has 7 aromatic carbocycles. The molecule has 9 aromatic rings. The summed E-state index contributed by atoms with van der Waals surface area (Å²) in [5, 5.41) is 5.06. The van der Waals surface area contributed by atoms with Gasteiger partial charge in [-0.2, -0.15) is 0 Å².